The molecule has 0 unspecified atom stereocenters. The molecule has 0 saturated heterocycles. The summed E-state index contributed by atoms with van der Waals surface area (Å²) in [6.45, 7) is 9.34. The highest BCUT2D eigenvalue weighted by Gasteiger charge is 2.14. The summed E-state index contributed by atoms with van der Waals surface area (Å²) in [7, 11) is -1.09. The molecule has 0 bridgehead atoms. The molecule has 0 fully saturated rings. The molecular weight excluding hydrogens is 248 g/mol. The first-order chi connectivity index (χ1) is 8.98. The van der Waals surface area contributed by atoms with E-state index in [1.54, 1.807) is 0 Å². The molecule has 2 aromatic rings. The van der Waals surface area contributed by atoms with E-state index in [2.05, 4.69) is 60.8 Å². The molecule has 2 rings (SSSR count). The van der Waals surface area contributed by atoms with Gasteiger partial charge in [0.15, 0.2) is 0 Å². The lowest BCUT2D eigenvalue weighted by Gasteiger charge is -2.16. The molecule has 100 valence electrons. The monoisotopic (exact) mass is 270 g/mol. The van der Waals surface area contributed by atoms with Gasteiger partial charge in [-0.1, -0.05) is 26.6 Å². The Morgan fingerprint density at radius 3 is 1.95 bits per heavy atom. The number of rotatable bonds is 4. The summed E-state index contributed by atoms with van der Waals surface area (Å²) in [5.41, 5.74) is 4.66. The fourth-order valence-corrected chi connectivity index (χ4v) is 3.62. The van der Waals surface area contributed by atoms with Crippen molar-refractivity contribution in [2.45, 2.75) is 39.0 Å². The summed E-state index contributed by atoms with van der Waals surface area (Å²) < 4.78 is 0. The van der Waals surface area contributed by atoms with Crippen molar-refractivity contribution >= 4 is 8.07 Å². The molecule has 2 heterocycles. The maximum atomic E-state index is 4.47. The first kappa shape index (κ1) is 13.9. The number of aromatic nitrogens is 2. The molecule has 0 spiro atoms. The van der Waals surface area contributed by atoms with E-state index in [9.17, 15) is 0 Å². The van der Waals surface area contributed by atoms with Crippen molar-refractivity contribution in [2.75, 3.05) is 0 Å². The van der Waals surface area contributed by atoms with Crippen LogP contribution >= 0.6 is 0 Å². The Balaban J connectivity index is 2.32. The van der Waals surface area contributed by atoms with Gasteiger partial charge in [-0.2, -0.15) is 0 Å². The third-order valence-electron chi connectivity index (χ3n) is 3.05. The van der Waals surface area contributed by atoms with E-state index in [0.717, 1.165) is 17.8 Å². The van der Waals surface area contributed by atoms with Gasteiger partial charge in [0.2, 0.25) is 0 Å². The van der Waals surface area contributed by atoms with E-state index >= 15 is 0 Å². The fraction of sp³-hybridized carbons (Fsp3) is 0.375. The molecule has 0 N–H and O–H groups in total. The van der Waals surface area contributed by atoms with Gasteiger partial charge in [0, 0.05) is 20.5 Å². The molecule has 0 atom stereocenters. The predicted molar refractivity (Wildman–Crippen MR) is 83.9 cm³/mol. The second-order valence-corrected chi connectivity index (χ2v) is 11.7. The van der Waals surface area contributed by atoms with Crippen LogP contribution in [-0.2, 0) is 12.5 Å². The second-order valence-electron chi connectivity index (χ2n) is 6.19. The third-order valence-corrected chi connectivity index (χ3v) is 4.52. The van der Waals surface area contributed by atoms with Crippen LogP contribution in [0.25, 0.3) is 11.4 Å². The SMILES string of the molecule is CCc1ccnc(-c2cc(C[Si](C)(C)C)ccn2)c1. The molecule has 0 radical (unpaired) electrons. The van der Waals surface area contributed by atoms with Crippen LogP contribution in [0.15, 0.2) is 36.7 Å². The van der Waals surface area contributed by atoms with Crippen LogP contribution in [0.1, 0.15) is 18.1 Å². The van der Waals surface area contributed by atoms with Gasteiger partial charge in [-0.15, -0.1) is 0 Å². The van der Waals surface area contributed by atoms with Gasteiger partial charge in [0.1, 0.15) is 0 Å². The molecule has 0 amide bonds. The van der Waals surface area contributed by atoms with E-state index in [4.69, 9.17) is 0 Å². The molecular formula is C16H22N2Si. The van der Waals surface area contributed by atoms with Gasteiger partial charge >= 0.3 is 0 Å². The zero-order valence-corrected chi connectivity index (χ0v) is 13.3. The fourth-order valence-electron chi connectivity index (χ4n) is 2.17. The second kappa shape index (κ2) is 5.66. The maximum Gasteiger partial charge on any atom is 0.0888 e. The number of hydrogen-bond donors (Lipinski definition) is 0. The minimum Gasteiger partial charge on any atom is -0.255 e. The summed E-state index contributed by atoms with van der Waals surface area (Å²) >= 11 is 0. The van der Waals surface area contributed by atoms with E-state index in [1.807, 2.05) is 12.4 Å². The largest absolute Gasteiger partial charge is 0.255 e. The highest BCUT2D eigenvalue weighted by atomic mass is 28.3. The molecule has 2 aromatic heterocycles. The molecule has 0 aromatic carbocycles. The molecule has 0 aliphatic carbocycles. The van der Waals surface area contributed by atoms with Gasteiger partial charge < -0.3 is 0 Å². The Kier molecular flexibility index (Phi) is 4.15. The minimum atomic E-state index is -1.09. The topological polar surface area (TPSA) is 25.8 Å². The van der Waals surface area contributed by atoms with Crippen LogP contribution in [0.4, 0.5) is 0 Å². The smallest absolute Gasteiger partial charge is 0.0888 e. The lowest BCUT2D eigenvalue weighted by atomic mass is 10.1. The standard InChI is InChI=1S/C16H22N2Si/c1-5-13-6-8-17-15(10-13)16-11-14(7-9-18-16)12-19(2,3)4/h6-11H,5,12H2,1-4H3. The first-order valence-corrected chi connectivity index (χ1v) is 10.6. The van der Waals surface area contributed by atoms with E-state index in [0.29, 0.717) is 0 Å². The average Bonchev–Trinajstić information content (AvgIpc) is 2.37. The van der Waals surface area contributed by atoms with Gasteiger partial charge in [-0.05, 0) is 47.9 Å². The van der Waals surface area contributed by atoms with E-state index in [-0.39, 0.29) is 0 Å². The van der Waals surface area contributed by atoms with Crippen LogP contribution in [0.5, 0.6) is 0 Å². The molecule has 19 heavy (non-hydrogen) atoms. The van der Waals surface area contributed by atoms with E-state index in [1.165, 1.54) is 17.2 Å². The highest BCUT2D eigenvalue weighted by molar-refractivity contribution is 6.75. The number of aryl methyl sites for hydroxylation is 1. The number of nitrogens with zero attached hydrogens (tertiary/aromatic N) is 2. The quantitative estimate of drug-likeness (QED) is 0.781. The Bertz CT molecular complexity index is 559. The highest BCUT2D eigenvalue weighted by Crippen LogP contribution is 2.19. The Morgan fingerprint density at radius 2 is 1.42 bits per heavy atom. The average molecular weight is 270 g/mol. The number of pyridine rings is 2. The number of hydrogen-bond acceptors (Lipinski definition) is 2. The van der Waals surface area contributed by atoms with E-state index < -0.39 is 8.07 Å². The Labute approximate surface area is 116 Å². The zero-order chi connectivity index (χ0) is 13.9. The Hall–Kier alpha value is -1.48. The molecule has 0 saturated carbocycles. The summed E-state index contributed by atoms with van der Waals surface area (Å²) in [6.07, 6.45) is 4.82. The summed E-state index contributed by atoms with van der Waals surface area (Å²) in [4.78, 5) is 8.91. The van der Waals surface area contributed by atoms with Crippen molar-refractivity contribution in [1.29, 1.82) is 0 Å². The van der Waals surface area contributed by atoms with Gasteiger partial charge in [-0.25, -0.2) is 0 Å². The van der Waals surface area contributed by atoms with Crippen molar-refractivity contribution in [3.63, 3.8) is 0 Å². The van der Waals surface area contributed by atoms with Crippen molar-refractivity contribution in [2.24, 2.45) is 0 Å². The predicted octanol–water partition coefficient (Wildman–Crippen LogP) is 4.13. The van der Waals surface area contributed by atoms with Crippen LogP contribution in [0.2, 0.25) is 19.6 Å². The molecule has 0 aliphatic heterocycles. The molecule has 3 heteroatoms. The lowest BCUT2D eigenvalue weighted by Crippen LogP contribution is -2.23. The lowest BCUT2D eigenvalue weighted by molar-refractivity contribution is 1.11. The summed E-state index contributed by atoms with van der Waals surface area (Å²) in [5.74, 6) is 0. The minimum absolute atomic E-state index is 0.983. The van der Waals surface area contributed by atoms with Gasteiger partial charge in [-0.3, -0.25) is 9.97 Å². The zero-order valence-electron chi connectivity index (χ0n) is 12.3. The molecule has 0 aliphatic rings. The van der Waals surface area contributed by atoms with Crippen LogP contribution in [-0.4, -0.2) is 18.0 Å². The summed E-state index contributed by atoms with van der Waals surface area (Å²) in [5, 5.41) is 0. The first-order valence-electron chi connectivity index (χ1n) is 6.88. The van der Waals surface area contributed by atoms with Crippen LogP contribution < -0.4 is 0 Å². The van der Waals surface area contributed by atoms with Crippen molar-refractivity contribution in [3.05, 3.63) is 47.8 Å². The van der Waals surface area contributed by atoms with Crippen LogP contribution in [0.3, 0.4) is 0 Å². The van der Waals surface area contributed by atoms with Crippen molar-refractivity contribution < 1.29 is 0 Å². The van der Waals surface area contributed by atoms with Crippen molar-refractivity contribution in [3.8, 4) is 11.4 Å². The van der Waals surface area contributed by atoms with Gasteiger partial charge in [0.25, 0.3) is 0 Å². The normalized spacial score (nSPS) is 11.6. The third kappa shape index (κ3) is 4.00. The van der Waals surface area contributed by atoms with Crippen molar-refractivity contribution in [1.82, 2.24) is 9.97 Å². The maximum absolute atomic E-state index is 4.47. The molecule has 2 nitrogen and oxygen atoms in total. The van der Waals surface area contributed by atoms with Crippen LogP contribution in [0, 0.1) is 0 Å². The van der Waals surface area contributed by atoms with Gasteiger partial charge in [0.05, 0.1) is 11.4 Å². The summed E-state index contributed by atoms with van der Waals surface area (Å²) in [6, 6.07) is 9.72. The Morgan fingerprint density at radius 1 is 0.895 bits per heavy atom.